The molecule has 0 spiro atoms. The first-order valence-electron chi connectivity index (χ1n) is 8.50. The predicted octanol–water partition coefficient (Wildman–Crippen LogP) is 4.39. The van der Waals surface area contributed by atoms with E-state index >= 15 is 0 Å². The molecule has 0 saturated heterocycles. The van der Waals surface area contributed by atoms with Crippen LogP contribution in [-0.4, -0.2) is 28.0 Å². The summed E-state index contributed by atoms with van der Waals surface area (Å²) < 4.78 is 0. The highest BCUT2D eigenvalue weighted by Crippen LogP contribution is 2.23. The number of rotatable bonds is 7. The molecule has 1 aromatic carbocycles. The summed E-state index contributed by atoms with van der Waals surface area (Å²) in [5, 5.41) is 4.41. The molecule has 1 N–H and O–H groups in total. The minimum atomic E-state index is 0.600. The fourth-order valence-corrected chi connectivity index (χ4v) is 2.79. The second kappa shape index (κ2) is 7.73. The Hall–Kier alpha value is -2.69. The maximum atomic E-state index is 4.69. The van der Waals surface area contributed by atoms with Gasteiger partial charge in [-0.15, -0.1) is 0 Å². The van der Waals surface area contributed by atoms with Gasteiger partial charge in [0.15, 0.2) is 0 Å². The number of pyridine rings is 1. The summed E-state index contributed by atoms with van der Waals surface area (Å²) in [4.78, 5) is 15.8. The van der Waals surface area contributed by atoms with Crippen LogP contribution >= 0.6 is 0 Å². The van der Waals surface area contributed by atoms with E-state index < -0.39 is 0 Å². The minimum absolute atomic E-state index is 0.600. The van der Waals surface area contributed by atoms with E-state index in [1.54, 1.807) is 6.20 Å². The Bertz CT molecular complexity index is 791. The van der Waals surface area contributed by atoms with Crippen LogP contribution in [0.4, 0.5) is 17.5 Å². The van der Waals surface area contributed by atoms with Crippen molar-refractivity contribution in [1.82, 2.24) is 15.0 Å². The number of nitrogens with one attached hydrogen (secondary N) is 1. The van der Waals surface area contributed by atoms with E-state index in [1.807, 2.05) is 30.5 Å². The lowest BCUT2D eigenvalue weighted by molar-refractivity contribution is 0.733. The number of benzene rings is 1. The summed E-state index contributed by atoms with van der Waals surface area (Å²) in [5.41, 5.74) is 1.84. The van der Waals surface area contributed by atoms with E-state index in [0.29, 0.717) is 5.95 Å². The average molecular weight is 321 g/mol. The molecule has 5 heteroatoms. The van der Waals surface area contributed by atoms with Gasteiger partial charge in [0.1, 0.15) is 5.82 Å². The highest BCUT2D eigenvalue weighted by molar-refractivity contribution is 5.91. The maximum absolute atomic E-state index is 4.69. The molecule has 0 bridgehead atoms. The molecular weight excluding hydrogens is 298 g/mol. The van der Waals surface area contributed by atoms with E-state index in [-0.39, 0.29) is 0 Å². The first-order valence-corrected chi connectivity index (χ1v) is 8.50. The molecule has 24 heavy (non-hydrogen) atoms. The van der Waals surface area contributed by atoms with Gasteiger partial charge in [-0.05, 0) is 31.0 Å². The lowest BCUT2D eigenvalue weighted by Gasteiger charge is -2.22. The van der Waals surface area contributed by atoms with Crippen molar-refractivity contribution in [2.24, 2.45) is 0 Å². The van der Waals surface area contributed by atoms with Gasteiger partial charge in [0.05, 0.1) is 11.2 Å². The van der Waals surface area contributed by atoms with Crippen molar-refractivity contribution in [2.75, 3.05) is 23.3 Å². The maximum Gasteiger partial charge on any atom is 0.229 e. The van der Waals surface area contributed by atoms with Crippen molar-refractivity contribution in [2.45, 2.75) is 26.7 Å². The molecule has 0 unspecified atom stereocenters. The molecule has 0 radical (unpaired) electrons. The Labute approximate surface area is 142 Å². The topological polar surface area (TPSA) is 53.9 Å². The van der Waals surface area contributed by atoms with E-state index in [2.05, 4.69) is 51.1 Å². The Balaban J connectivity index is 1.88. The Morgan fingerprint density at radius 2 is 1.71 bits per heavy atom. The van der Waals surface area contributed by atoms with Crippen molar-refractivity contribution in [3.63, 3.8) is 0 Å². The van der Waals surface area contributed by atoms with Crippen LogP contribution in [0.25, 0.3) is 10.9 Å². The summed E-state index contributed by atoms with van der Waals surface area (Å²) in [7, 11) is 0. The quantitative estimate of drug-likeness (QED) is 0.699. The average Bonchev–Trinajstić information content (AvgIpc) is 2.62. The van der Waals surface area contributed by atoms with E-state index in [1.165, 1.54) is 0 Å². The highest BCUT2D eigenvalue weighted by Gasteiger charge is 2.09. The minimum Gasteiger partial charge on any atom is -0.356 e. The molecule has 0 amide bonds. The van der Waals surface area contributed by atoms with Crippen LogP contribution in [0, 0.1) is 0 Å². The lowest BCUT2D eigenvalue weighted by atomic mass is 10.2. The Morgan fingerprint density at radius 1 is 0.917 bits per heavy atom. The zero-order chi connectivity index (χ0) is 16.8. The summed E-state index contributed by atoms with van der Waals surface area (Å²) in [6.45, 7) is 6.37. The van der Waals surface area contributed by atoms with Crippen LogP contribution in [0.5, 0.6) is 0 Å². The summed E-state index contributed by atoms with van der Waals surface area (Å²) in [6, 6.07) is 12.0. The van der Waals surface area contributed by atoms with Crippen LogP contribution in [0.1, 0.15) is 26.7 Å². The number of nitrogens with zero attached hydrogens (tertiary/aromatic N) is 4. The van der Waals surface area contributed by atoms with E-state index in [9.17, 15) is 0 Å². The van der Waals surface area contributed by atoms with Crippen molar-refractivity contribution in [1.29, 1.82) is 0 Å². The smallest absolute Gasteiger partial charge is 0.229 e. The largest absolute Gasteiger partial charge is 0.356 e. The molecule has 0 fully saturated rings. The monoisotopic (exact) mass is 321 g/mol. The number of para-hydroxylation sites is 1. The molecule has 124 valence electrons. The molecule has 0 aliphatic carbocycles. The standard InChI is InChI=1S/C19H23N5/c1-3-13-24(14-4-2)17-10-12-21-19(23-17)22-16-9-5-7-15-8-6-11-20-18(15)16/h5-12H,3-4,13-14H2,1-2H3,(H,21,22,23). The zero-order valence-electron chi connectivity index (χ0n) is 14.2. The second-order valence-electron chi connectivity index (χ2n) is 5.73. The third-order valence-electron chi connectivity index (χ3n) is 3.83. The van der Waals surface area contributed by atoms with Crippen LogP contribution < -0.4 is 10.2 Å². The Morgan fingerprint density at radius 3 is 2.50 bits per heavy atom. The SMILES string of the molecule is CCCN(CCC)c1ccnc(Nc2cccc3cccnc23)n1. The van der Waals surface area contributed by atoms with Crippen molar-refractivity contribution in [3.05, 3.63) is 48.8 Å². The third-order valence-corrected chi connectivity index (χ3v) is 3.83. The first kappa shape index (κ1) is 16.2. The van der Waals surface area contributed by atoms with Crippen LogP contribution in [0.15, 0.2) is 48.8 Å². The summed E-state index contributed by atoms with van der Waals surface area (Å²) >= 11 is 0. The lowest BCUT2D eigenvalue weighted by Crippen LogP contribution is -2.26. The summed E-state index contributed by atoms with van der Waals surface area (Å²) in [5.74, 6) is 1.56. The normalized spacial score (nSPS) is 10.8. The number of anilines is 3. The molecular formula is C19H23N5. The van der Waals surface area contributed by atoms with Gasteiger partial charge in [-0.25, -0.2) is 4.98 Å². The van der Waals surface area contributed by atoms with Gasteiger partial charge in [0.25, 0.3) is 0 Å². The zero-order valence-corrected chi connectivity index (χ0v) is 14.2. The molecule has 0 aliphatic rings. The Kier molecular flexibility index (Phi) is 5.21. The van der Waals surface area contributed by atoms with Crippen LogP contribution in [-0.2, 0) is 0 Å². The second-order valence-corrected chi connectivity index (χ2v) is 5.73. The number of aromatic nitrogens is 3. The van der Waals surface area contributed by atoms with Gasteiger partial charge in [-0.3, -0.25) is 4.98 Å². The van der Waals surface area contributed by atoms with Crippen molar-refractivity contribution < 1.29 is 0 Å². The van der Waals surface area contributed by atoms with Crippen LogP contribution in [0.3, 0.4) is 0 Å². The van der Waals surface area contributed by atoms with E-state index in [0.717, 1.165) is 48.3 Å². The molecule has 3 aromatic rings. The third kappa shape index (κ3) is 3.62. The molecule has 0 saturated carbocycles. The van der Waals surface area contributed by atoms with Crippen LogP contribution in [0.2, 0.25) is 0 Å². The van der Waals surface area contributed by atoms with Gasteiger partial charge < -0.3 is 10.2 Å². The molecule has 2 heterocycles. The molecule has 3 rings (SSSR count). The number of hydrogen-bond acceptors (Lipinski definition) is 5. The van der Waals surface area contributed by atoms with Gasteiger partial charge in [-0.1, -0.05) is 32.0 Å². The fourth-order valence-electron chi connectivity index (χ4n) is 2.79. The number of fused-ring (bicyclic) bond motifs is 1. The van der Waals surface area contributed by atoms with Crippen molar-refractivity contribution in [3.8, 4) is 0 Å². The van der Waals surface area contributed by atoms with Crippen molar-refractivity contribution >= 4 is 28.4 Å². The highest BCUT2D eigenvalue weighted by atomic mass is 15.2. The number of hydrogen-bond donors (Lipinski definition) is 1. The van der Waals surface area contributed by atoms with Gasteiger partial charge >= 0.3 is 0 Å². The molecule has 0 atom stereocenters. The van der Waals surface area contributed by atoms with E-state index in [4.69, 9.17) is 0 Å². The fraction of sp³-hybridized carbons (Fsp3) is 0.316. The molecule has 0 aliphatic heterocycles. The summed E-state index contributed by atoms with van der Waals surface area (Å²) in [6.07, 6.45) is 5.80. The van der Waals surface area contributed by atoms with Gasteiger partial charge in [0.2, 0.25) is 5.95 Å². The predicted molar refractivity (Wildman–Crippen MR) is 99.9 cm³/mol. The molecule has 5 nitrogen and oxygen atoms in total. The first-order chi connectivity index (χ1) is 11.8. The van der Waals surface area contributed by atoms with Gasteiger partial charge in [0, 0.05) is 30.9 Å². The van der Waals surface area contributed by atoms with Gasteiger partial charge in [-0.2, -0.15) is 4.98 Å². The molecule has 2 aromatic heterocycles.